The third-order valence-electron chi connectivity index (χ3n) is 2.42. The molecule has 2 nitrogen and oxygen atoms in total. The molecule has 0 aliphatic carbocycles. The number of thiophene rings is 1. The first-order valence-electron chi connectivity index (χ1n) is 5.41. The van der Waals surface area contributed by atoms with Gasteiger partial charge in [0.1, 0.15) is 0 Å². The van der Waals surface area contributed by atoms with E-state index in [1.54, 1.807) is 11.3 Å². The lowest BCUT2D eigenvalue weighted by Crippen LogP contribution is -2.16. The maximum absolute atomic E-state index is 11.8. The van der Waals surface area contributed by atoms with Gasteiger partial charge in [0.05, 0.1) is 12.5 Å². The predicted molar refractivity (Wildman–Crippen MR) is 63.3 cm³/mol. The molecule has 0 N–H and O–H groups in total. The van der Waals surface area contributed by atoms with Gasteiger partial charge >= 0.3 is 5.97 Å². The second kappa shape index (κ2) is 5.91. The van der Waals surface area contributed by atoms with Gasteiger partial charge in [-0.1, -0.05) is 13.3 Å². The van der Waals surface area contributed by atoms with Gasteiger partial charge in [-0.25, -0.2) is 0 Å². The van der Waals surface area contributed by atoms with Crippen molar-refractivity contribution in [1.29, 1.82) is 0 Å². The molecule has 0 aliphatic heterocycles. The van der Waals surface area contributed by atoms with E-state index in [1.807, 2.05) is 18.4 Å². The van der Waals surface area contributed by atoms with Crippen LogP contribution in [0.2, 0.25) is 0 Å². The third-order valence-corrected chi connectivity index (χ3v) is 3.28. The fourth-order valence-electron chi connectivity index (χ4n) is 1.69. The largest absolute Gasteiger partial charge is 0.466 e. The number of carbonyl (C=O) groups is 1. The van der Waals surface area contributed by atoms with Crippen molar-refractivity contribution in [3.63, 3.8) is 0 Å². The molecule has 1 aromatic rings. The molecule has 0 fully saturated rings. The molecule has 15 heavy (non-hydrogen) atoms. The highest BCUT2D eigenvalue weighted by molar-refractivity contribution is 7.10. The highest BCUT2D eigenvalue weighted by atomic mass is 32.1. The van der Waals surface area contributed by atoms with Crippen molar-refractivity contribution in [3.05, 3.63) is 21.9 Å². The van der Waals surface area contributed by atoms with Crippen LogP contribution in [0.25, 0.3) is 0 Å². The van der Waals surface area contributed by atoms with Crippen LogP contribution in [-0.4, -0.2) is 12.6 Å². The number of carbonyl (C=O) groups excluding carboxylic acids is 1. The van der Waals surface area contributed by atoms with Crippen LogP contribution in [0.4, 0.5) is 0 Å². The summed E-state index contributed by atoms with van der Waals surface area (Å²) in [7, 11) is 0. The average molecular weight is 226 g/mol. The summed E-state index contributed by atoms with van der Waals surface area (Å²) in [5.41, 5.74) is 1.14. The minimum Gasteiger partial charge on any atom is -0.466 e. The zero-order valence-electron chi connectivity index (χ0n) is 9.58. The zero-order valence-corrected chi connectivity index (χ0v) is 10.4. The molecular formula is C12H18O2S. The molecule has 1 atom stereocenters. The van der Waals surface area contributed by atoms with Gasteiger partial charge in [0.25, 0.3) is 0 Å². The van der Waals surface area contributed by atoms with Crippen LogP contribution in [0.3, 0.4) is 0 Å². The Bertz CT molecular complexity index is 317. The third kappa shape index (κ3) is 3.06. The highest BCUT2D eigenvalue weighted by Gasteiger charge is 2.22. The molecule has 0 spiro atoms. The summed E-state index contributed by atoms with van der Waals surface area (Å²) in [6.45, 7) is 6.46. The Morgan fingerprint density at radius 2 is 2.27 bits per heavy atom. The van der Waals surface area contributed by atoms with Gasteiger partial charge in [-0.05, 0) is 37.3 Å². The Kier molecular flexibility index (Phi) is 4.82. The van der Waals surface area contributed by atoms with E-state index in [-0.39, 0.29) is 11.9 Å². The maximum atomic E-state index is 11.8. The molecular weight excluding hydrogens is 208 g/mol. The number of aryl methyl sites for hydroxylation is 1. The fraction of sp³-hybridized carbons (Fsp3) is 0.583. The lowest BCUT2D eigenvalue weighted by Gasteiger charge is -2.14. The molecule has 0 aliphatic rings. The van der Waals surface area contributed by atoms with Crippen molar-refractivity contribution in [2.75, 3.05) is 6.61 Å². The summed E-state index contributed by atoms with van der Waals surface area (Å²) >= 11 is 1.69. The minimum atomic E-state index is -0.0825. The van der Waals surface area contributed by atoms with E-state index in [4.69, 9.17) is 4.74 Å². The summed E-state index contributed by atoms with van der Waals surface area (Å²) in [6.07, 6.45) is 1.87. The summed E-state index contributed by atoms with van der Waals surface area (Å²) in [5.74, 6) is -0.151. The van der Waals surface area contributed by atoms with Gasteiger partial charge in [0.2, 0.25) is 0 Å². The zero-order chi connectivity index (χ0) is 11.3. The van der Waals surface area contributed by atoms with E-state index in [0.717, 1.165) is 18.4 Å². The first-order valence-corrected chi connectivity index (χ1v) is 6.29. The van der Waals surface area contributed by atoms with E-state index < -0.39 is 0 Å². The molecule has 0 radical (unpaired) electrons. The predicted octanol–water partition coefficient (Wildman–Crippen LogP) is 3.50. The van der Waals surface area contributed by atoms with Crippen LogP contribution in [0.5, 0.6) is 0 Å². The molecule has 1 rings (SSSR count). The molecule has 3 heteroatoms. The summed E-state index contributed by atoms with van der Waals surface area (Å²) < 4.78 is 5.10. The summed E-state index contributed by atoms with van der Waals surface area (Å²) in [4.78, 5) is 13.0. The van der Waals surface area contributed by atoms with E-state index >= 15 is 0 Å². The second-order valence-electron chi connectivity index (χ2n) is 3.53. The minimum absolute atomic E-state index is 0.0683. The summed E-state index contributed by atoms with van der Waals surface area (Å²) in [5, 5.41) is 2.03. The smallest absolute Gasteiger partial charge is 0.313 e. The molecule has 1 aromatic heterocycles. The number of hydrogen-bond acceptors (Lipinski definition) is 3. The van der Waals surface area contributed by atoms with Crippen LogP contribution in [0.1, 0.15) is 43.0 Å². The maximum Gasteiger partial charge on any atom is 0.313 e. The molecule has 0 bridgehead atoms. The highest BCUT2D eigenvalue weighted by Crippen LogP contribution is 2.28. The molecule has 0 saturated carbocycles. The first kappa shape index (κ1) is 12.2. The van der Waals surface area contributed by atoms with Crippen LogP contribution in [-0.2, 0) is 9.53 Å². The SMILES string of the molecule is CCCC(C(=O)OCC)c1ccsc1C. The quantitative estimate of drug-likeness (QED) is 0.718. The number of rotatable bonds is 5. The lowest BCUT2D eigenvalue weighted by atomic mass is 9.95. The molecule has 1 heterocycles. The monoisotopic (exact) mass is 226 g/mol. The molecule has 84 valence electrons. The van der Waals surface area contributed by atoms with E-state index in [9.17, 15) is 4.79 Å². The van der Waals surface area contributed by atoms with Gasteiger partial charge < -0.3 is 4.74 Å². The van der Waals surface area contributed by atoms with Crippen molar-refractivity contribution < 1.29 is 9.53 Å². The lowest BCUT2D eigenvalue weighted by molar-refractivity contribution is -0.145. The van der Waals surface area contributed by atoms with E-state index in [2.05, 4.69) is 13.8 Å². The molecule has 0 amide bonds. The van der Waals surface area contributed by atoms with Gasteiger partial charge in [-0.3, -0.25) is 4.79 Å². The Labute approximate surface area is 95.3 Å². The fourth-order valence-corrected chi connectivity index (χ4v) is 2.45. The normalized spacial score (nSPS) is 12.5. The van der Waals surface area contributed by atoms with Crippen LogP contribution in [0, 0.1) is 6.92 Å². The van der Waals surface area contributed by atoms with Crippen molar-refractivity contribution in [1.82, 2.24) is 0 Å². The van der Waals surface area contributed by atoms with E-state index in [0.29, 0.717) is 6.61 Å². The number of esters is 1. The Morgan fingerprint density at radius 3 is 2.73 bits per heavy atom. The van der Waals surface area contributed by atoms with Crippen molar-refractivity contribution in [2.24, 2.45) is 0 Å². The standard InChI is InChI=1S/C12H18O2S/c1-4-6-11(12(13)14-5-2)10-7-8-15-9(10)3/h7-8,11H,4-6H2,1-3H3. The molecule has 1 unspecified atom stereocenters. The average Bonchev–Trinajstić information content (AvgIpc) is 2.61. The number of hydrogen-bond donors (Lipinski definition) is 0. The summed E-state index contributed by atoms with van der Waals surface area (Å²) in [6, 6.07) is 2.04. The Morgan fingerprint density at radius 1 is 1.53 bits per heavy atom. The Balaban J connectivity index is 2.83. The molecule has 0 aromatic carbocycles. The van der Waals surface area contributed by atoms with Gasteiger partial charge in [0, 0.05) is 4.88 Å². The van der Waals surface area contributed by atoms with Crippen LogP contribution >= 0.6 is 11.3 Å². The second-order valence-corrected chi connectivity index (χ2v) is 4.65. The molecule has 0 saturated heterocycles. The van der Waals surface area contributed by atoms with Crippen LogP contribution < -0.4 is 0 Å². The van der Waals surface area contributed by atoms with Gasteiger partial charge in [-0.15, -0.1) is 11.3 Å². The van der Waals surface area contributed by atoms with Crippen LogP contribution in [0.15, 0.2) is 11.4 Å². The van der Waals surface area contributed by atoms with Crippen molar-refractivity contribution >= 4 is 17.3 Å². The van der Waals surface area contributed by atoms with Gasteiger partial charge in [-0.2, -0.15) is 0 Å². The van der Waals surface area contributed by atoms with Crippen molar-refractivity contribution in [3.8, 4) is 0 Å². The number of ether oxygens (including phenoxy) is 1. The van der Waals surface area contributed by atoms with Crippen molar-refractivity contribution in [2.45, 2.75) is 39.5 Å². The topological polar surface area (TPSA) is 26.3 Å². The van der Waals surface area contributed by atoms with E-state index in [1.165, 1.54) is 4.88 Å². The first-order chi connectivity index (χ1) is 7.20. The van der Waals surface area contributed by atoms with Gasteiger partial charge in [0.15, 0.2) is 0 Å². The Hall–Kier alpha value is -0.830.